The van der Waals surface area contributed by atoms with Crippen molar-refractivity contribution in [3.63, 3.8) is 0 Å². The molecular formula is C15H28N2OSi2. The van der Waals surface area contributed by atoms with Gasteiger partial charge in [-0.25, -0.2) is 0 Å². The van der Waals surface area contributed by atoms with Crippen LogP contribution in [0.5, 0.6) is 0 Å². The van der Waals surface area contributed by atoms with Gasteiger partial charge in [0.2, 0.25) is 8.32 Å². The molecule has 0 aromatic heterocycles. The van der Waals surface area contributed by atoms with E-state index < -0.39 is 22.6 Å². The van der Waals surface area contributed by atoms with Crippen LogP contribution in [-0.2, 0) is 4.12 Å². The minimum Gasteiger partial charge on any atom is -0.454 e. The molecular weight excluding hydrogens is 280 g/mol. The van der Waals surface area contributed by atoms with Crippen molar-refractivity contribution in [1.29, 1.82) is 0 Å². The summed E-state index contributed by atoms with van der Waals surface area (Å²) in [4.78, 5) is 0. The van der Waals surface area contributed by atoms with E-state index in [1.807, 2.05) is 24.3 Å². The maximum Gasteiger partial charge on any atom is 0.227 e. The molecule has 0 saturated heterocycles. The van der Waals surface area contributed by atoms with Crippen LogP contribution in [0.15, 0.2) is 63.3 Å². The summed E-state index contributed by atoms with van der Waals surface area (Å²) in [6.07, 6.45) is 9.05. The van der Waals surface area contributed by atoms with Crippen molar-refractivity contribution in [2.24, 2.45) is 11.5 Å². The molecule has 0 fully saturated rings. The van der Waals surface area contributed by atoms with Crippen LogP contribution in [0.25, 0.3) is 0 Å². The van der Waals surface area contributed by atoms with Gasteiger partial charge >= 0.3 is 0 Å². The van der Waals surface area contributed by atoms with Gasteiger partial charge in [0, 0.05) is 0 Å². The lowest BCUT2D eigenvalue weighted by Crippen LogP contribution is -2.71. The quantitative estimate of drug-likeness (QED) is 0.331. The van der Waals surface area contributed by atoms with Gasteiger partial charge in [0.1, 0.15) is 0 Å². The summed E-state index contributed by atoms with van der Waals surface area (Å²) >= 11 is 0. The average molecular weight is 309 g/mol. The number of hydrogen-bond acceptors (Lipinski definition) is 3. The Morgan fingerprint density at radius 3 is 1.65 bits per heavy atom. The van der Waals surface area contributed by atoms with E-state index in [2.05, 4.69) is 32.9 Å². The van der Waals surface area contributed by atoms with E-state index >= 15 is 0 Å². The molecule has 0 atom stereocenters. The van der Waals surface area contributed by atoms with Crippen LogP contribution in [0.4, 0.5) is 0 Å². The summed E-state index contributed by atoms with van der Waals surface area (Å²) in [5.41, 5.74) is 12.6. The zero-order valence-corrected chi connectivity index (χ0v) is 14.5. The van der Waals surface area contributed by atoms with Crippen LogP contribution in [-0.4, -0.2) is 22.6 Å². The van der Waals surface area contributed by atoms with Crippen molar-refractivity contribution in [3.8, 4) is 0 Å². The number of rotatable bonds is 12. The van der Waals surface area contributed by atoms with E-state index in [0.717, 1.165) is 12.1 Å². The summed E-state index contributed by atoms with van der Waals surface area (Å²) in [7, 11) is -4.01. The Hall–Kier alpha value is -0.986. The molecule has 0 spiro atoms. The smallest absolute Gasteiger partial charge is 0.227 e. The van der Waals surface area contributed by atoms with Crippen molar-refractivity contribution in [2.45, 2.75) is 29.5 Å². The second kappa shape index (κ2) is 9.04. The monoisotopic (exact) mass is 308 g/mol. The van der Waals surface area contributed by atoms with Gasteiger partial charge in [-0.2, -0.15) is 0 Å². The standard InChI is InChI=1S/C15H28N2OSi2/c1-6-11-19(12-7-2)18-20(13-8-3,14-9-4)15(16,17)10-5/h6-10,19H,1-5,11-14,16-17H2. The maximum absolute atomic E-state index is 6.53. The molecule has 112 valence electrons. The summed E-state index contributed by atoms with van der Waals surface area (Å²) in [5.74, 6) is 0. The Morgan fingerprint density at radius 2 is 1.35 bits per heavy atom. The van der Waals surface area contributed by atoms with Gasteiger partial charge in [0.25, 0.3) is 0 Å². The Labute approximate surface area is 126 Å². The molecule has 0 unspecified atom stereocenters. The first-order valence-electron chi connectivity index (χ1n) is 6.75. The van der Waals surface area contributed by atoms with Gasteiger partial charge in [-0.15, -0.1) is 32.9 Å². The predicted molar refractivity (Wildman–Crippen MR) is 95.3 cm³/mol. The largest absolute Gasteiger partial charge is 0.454 e. The first-order valence-corrected chi connectivity index (χ1v) is 11.2. The first kappa shape index (κ1) is 19.0. The van der Waals surface area contributed by atoms with Gasteiger partial charge in [-0.1, -0.05) is 30.4 Å². The first-order chi connectivity index (χ1) is 9.42. The van der Waals surface area contributed by atoms with Crippen LogP contribution < -0.4 is 11.5 Å². The minimum absolute atomic E-state index is 0.676. The van der Waals surface area contributed by atoms with Crippen LogP contribution in [0, 0.1) is 0 Å². The van der Waals surface area contributed by atoms with Crippen LogP contribution >= 0.6 is 0 Å². The highest BCUT2D eigenvalue weighted by Crippen LogP contribution is 2.29. The number of allylic oxidation sites excluding steroid dienone is 4. The van der Waals surface area contributed by atoms with Crippen molar-refractivity contribution < 1.29 is 4.12 Å². The van der Waals surface area contributed by atoms with Gasteiger partial charge < -0.3 is 15.6 Å². The zero-order chi connectivity index (χ0) is 15.6. The molecule has 3 nitrogen and oxygen atoms in total. The maximum atomic E-state index is 6.53. The predicted octanol–water partition coefficient (Wildman–Crippen LogP) is 2.76. The fourth-order valence-electron chi connectivity index (χ4n) is 2.17. The van der Waals surface area contributed by atoms with E-state index in [9.17, 15) is 0 Å². The highest BCUT2D eigenvalue weighted by molar-refractivity contribution is 6.83. The van der Waals surface area contributed by atoms with E-state index in [1.165, 1.54) is 0 Å². The molecule has 0 aromatic rings. The van der Waals surface area contributed by atoms with Crippen molar-refractivity contribution in [2.75, 3.05) is 0 Å². The SMILES string of the molecule is C=CC[SiH](CC=C)O[Si](CC=C)(CC=C)C(N)(N)C=C. The van der Waals surface area contributed by atoms with Gasteiger partial charge in [0.15, 0.2) is 9.04 Å². The molecule has 0 aromatic carbocycles. The molecule has 0 aliphatic rings. The van der Waals surface area contributed by atoms with E-state index in [-0.39, 0.29) is 0 Å². The second-order valence-corrected chi connectivity index (χ2v) is 11.7. The van der Waals surface area contributed by atoms with Crippen molar-refractivity contribution in [1.82, 2.24) is 0 Å². The third-order valence-electron chi connectivity index (χ3n) is 3.33. The highest BCUT2D eigenvalue weighted by atomic mass is 28.4. The number of nitrogens with two attached hydrogens (primary N) is 2. The highest BCUT2D eigenvalue weighted by Gasteiger charge is 2.48. The Balaban J connectivity index is 5.50. The van der Waals surface area contributed by atoms with Gasteiger partial charge in [-0.3, -0.25) is 0 Å². The van der Waals surface area contributed by atoms with Gasteiger partial charge in [0.05, 0.1) is 5.29 Å². The Morgan fingerprint density at radius 1 is 0.900 bits per heavy atom. The molecule has 4 N–H and O–H groups in total. The molecule has 0 radical (unpaired) electrons. The van der Waals surface area contributed by atoms with E-state index in [0.29, 0.717) is 12.1 Å². The van der Waals surface area contributed by atoms with Crippen molar-refractivity contribution in [3.05, 3.63) is 63.3 Å². The molecule has 0 heterocycles. The van der Waals surface area contributed by atoms with Gasteiger partial charge in [-0.05, 0) is 24.2 Å². The average Bonchev–Trinajstić information content (AvgIpc) is 2.39. The van der Waals surface area contributed by atoms with Crippen LogP contribution in [0.1, 0.15) is 0 Å². The normalized spacial score (nSPS) is 11.9. The fraction of sp³-hybridized carbons (Fsp3) is 0.333. The molecule has 0 bridgehead atoms. The minimum atomic E-state index is -2.49. The second-order valence-electron chi connectivity index (χ2n) is 4.91. The lowest BCUT2D eigenvalue weighted by atomic mass is 10.5. The Bertz CT molecular complexity index is 347. The third-order valence-corrected chi connectivity index (χ3v) is 11.9. The fourth-order valence-corrected chi connectivity index (χ4v) is 10.2. The topological polar surface area (TPSA) is 61.3 Å². The molecule has 0 aliphatic carbocycles. The zero-order valence-electron chi connectivity index (χ0n) is 12.4. The molecule has 0 rings (SSSR count). The molecule has 0 saturated carbocycles. The summed E-state index contributed by atoms with van der Waals surface area (Å²) in [5, 5.41) is -1.01. The van der Waals surface area contributed by atoms with Crippen molar-refractivity contribution >= 4 is 17.4 Å². The van der Waals surface area contributed by atoms with Crippen LogP contribution in [0.3, 0.4) is 0 Å². The molecule has 0 amide bonds. The van der Waals surface area contributed by atoms with E-state index in [1.54, 1.807) is 6.08 Å². The summed E-state index contributed by atoms with van der Waals surface area (Å²) in [6.45, 7) is 19.0. The lowest BCUT2D eigenvalue weighted by Gasteiger charge is -2.43. The Kier molecular flexibility index (Phi) is 8.60. The molecule has 20 heavy (non-hydrogen) atoms. The summed E-state index contributed by atoms with van der Waals surface area (Å²) < 4.78 is 6.53. The van der Waals surface area contributed by atoms with Crippen LogP contribution in [0.2, 0.25) is 24.2 Å². The molecule has 5 heteroatoms. The lowest BCUT2D eigenvalue weighted by molar-refractivity contribution is 0.496. The number of hydrogen-bond donors (Lipinski definition) is 2. The molecule has 0 aliphatic heterocycles. The third kappa shape index (κ3) is 4.84. The summed E-state index contributed by atoms with van der Waals surface area (Å²) in [6, 6.07) is 3.08. The van der Waals surface area contributed by atoms with E-state index in [4.69, 9.17) is 15.6 Å².